The highest BCUT2D eigenvalue weighted by Crippen LogP contribution is 2.21. The Labute approximate surface area is 162 Å². The van der Waals surface area contributed by atoms with E-state index in [2.05, 4.69) is 20.7 Å². The van der Waals surface area contributed by atoms with Gasteiger partial charge in [0.2, 0.25) is 0 Å². The second-order valence-electron chi connectivity index (χ2n) is 6.35. The van der Waals surface area contributed by atoms with Crippen LogP contribution >= 0.6 is 15.9 Å². The highest BCUT2D eigenvalue weighted by molar-refractivity contribution is 9.10. The van der Waals surface area contributed by atoms with Crippen molar-refractivity contribution >= 4 is 37.5 Å². The van der Waals surface area contributed by atoms with Crippen LogP contribution in [0.2, 0.25) is 0 Å². The minimum Gasteiger partial charge on any atom is -0.339 e. The molecule has 0 saturated carbocycles. The Kier molecular flexibility index (Phi) is 5.98. The fourth-order valence-electron chi connectivity index (χ4n) is 3.00. The number of halogens is 1. The van der Waals surface area contributed by atoms with E-state index >= 15 is 0 Å². The summed E-state index contributed by atoms with van der Waals surface area (Å²) in [5.41, 5.74) is 0.886. The second kappa shape index (κ2) is 8.22. The smallest absolute Gasteiger partial charge is 0.261 e. The van der Waals surface area contributed by atoms with Crippen LogP contribution in [0.4, 0.5) is 5.69 Å². The van der Waals surface area contributed by atoms with Crippen molar-refractivity contribution in [1.82, 2.24) is 4.90 Å². The summed E-state index contributed by atoms with van der Waals surface area (Å²) >= 11 is 3.29. The van der Waals surface area contributed by atoms with Gasteiger partial charge in [-0.3, -0.25) is 9.52 Å². The zero-order chi connectivity index (χ0) is 18.6. The lowest BCUT2D eigenvalue weighted by atomic mass is 10.1. The normalized spacial score (nSPS) is 15.3. The zero-order valence-corrected chi connectivity index (χ0v) is 16.7. The monoisotopic (exact) mass is 436 g/mol. The maximum Gasteiger partial charge on any atom is 0.261 e. The summed E-state index contributed by atoms with van der Waals surface area (Å²) in [7, 11) is -3.70. The van der Waals surface area contributed by atoms with Crippen molar-refractivity contribution in [2.45, 2.75) is 30.6 Å². The number of amides is 1. The predicted octanol–water partition coefficient (Wildman–Crippen LogP) is 4.27. The van der Waals surface area contributed by atoms with Crippen LogP contribution < -0.4 is 4.72 Å². The first-order chi connectivity index (χ1) is 12.5. The number of benzene rings is 2. The number of hydrogen-bond donors (Lipinski definition) is 1. The van der Waals surface area contributed by atoms with E-state index in [0.717, 1.165) is 43.2 Å². The van der Waals surface area contributed by atoms with Crippen LogP contribution in [0, 0.1) is 0 Å². The van der Waals surface area contributed by atoms with Crippen LogP contribution in [0.3, 0.4) is 0 Å². The molecule has 0 spiro atoms. The van der Waals surface area contributed by atoms with Crippen molar-refractivity contribution in [3.8, 4) is 0 Å². The van der Waals surface area contributed by atoms with Gasteiger partial charge in [0.25, 0.3) is 15.9 Å². The van der Waals surface area contributed by atoms with E-state index in [9.17, 15) is 13.2 Å². The molecule has 0 unspecified atom stereocenters. The number of nitrogens with one attached hydrogen (secondary N) is 1. The van der Waals surface area contributed by atoms with Gasteiger partial charge in [0.05, 0.1) is 4.90 Å². The standard InChI is InChI=1S/C19H21BrN2O3S/c20-16-8-10-18(11-9-16)26(24,25)21-17-7-5-6-15(14-17)19(23)22-12-3-1-2-4-13-22/h5-11,14,21H,1-4,12-13H2. The van der Waals surface area contributed by atoms with E-state index in [1.54, 1.807) is 36.4 Å². The predicted molar refractivity (Wildman–Crippen MR) is 106 cm³/mol. The molecular formula is C19H21BrN2O3S. The molecule has 0 radical (unpaired) electrons. The molecule has 0 aromatic heterocycles. The van der Waals surface area contributed by atoms with Crippen molar-refractivity contribution in [3.05, 3.63) is 58.6 Å². The number of likely N-dealkylation sites (tertiary alicyclic amines) is 1. The minimum absolute atomic E-state index is 0.0448. The second-order valence-corrected chi connectivity index (χ2v) is 8.94. The highest BCUT2D eigenvalue weighted by Gasteiger charge is 2.19. The number of rotatable bonds is 4. The van der Waals surface area contributed by atoms with E-state index < -0.39 is 10.0 Å². The SMILES string of the molecule is O=C(c1cccc(NS(=O)(=O)c2ccc(Br)cc2)c1)N1CCCCCC1. The number of hydrogen-bond acceptors (Lipinski definition) is 3. The number of carbonyl (C=O) groups excluding carboxylic acids is 1. The molecule has 138 valence electrons. The molecule has 0 aliphatic carbocycles. The molecule has 1 amide bonds. The fraction of sp³-hybridized carbons (Fsp3) is 0.316. The maximum absolute atomic E-state index is 12.7. The lowest BCUT2D eigenvalue weighted by molar-refractivity contribution is 0.0761. The van der Waals surface area contributed by atoms with Crippen molar-refractivity contribution in [2.24, 2.45) is 0 Å². The van der Waals surface area contributed by atoms with E-state index in [-0.39, 0.29) is 10.8 Å². The minimum atomic E-state index is -3.70. The Morgan fingerprint density at radius 2 is 1.62 bits per heavy atom. The first-order valence-corrected chi connectivity index (χ1v) is 10.9. The van der Waals surface area contributed by atoms with Crippen LogP contribution in [0.25, 0.3) is 0 Å². The topological polar surface area (TPSA) is 66.5 Å². The van der Waals surface area contributed by atoms with E-state index in [1.165, 1.54) is 12.1 Å². The summed E-state index contributed by atoms with van der Waals surface area (Å²) in [5, 5.41) is 0. The Hall–Kier alpha value is -1.86. The van der Waals surface area contributed by atoms with Gasteiger partial charge in [0.1, 0.15) is 0 Å². The molecule has 1 aliphatic rings. The average molecular weight is 437 g/mol. The highest BCUT2D eigenvalue weighted by atomic mass is 79.9. The van der Waals surface area contributed by atoms with Gasteiger partial charge in [-0.25, -0.2) is 8.42 Å². The molecular weight excluding hydrogens is 416 g/mol. The van der Waals surface area contributed by atoms with Crippen LogP contribution in [-0.2, 0) is 10.0 Å². The van der Waals surface area contributed by atoms with Crippen molar-refractivity contribution in [2.75, 3.05) is 17.8 Å². The Balaban J connectivity index is 1.78. The molecule has 26 heavy (non-hydrogen) atoms. The van der Waals surface area contributed by atoms with Gasteiger partial charge in [0.15, 0.2) is 0 Å². The van der Waals surface area contributed by atoms with E-state index in [1.807, 2.05) is 4.90 Å². The van der Waals surface area contributed by atoms with Crippen LogP contribution in [-0.4, -0.2) is 32.3 Å². The van der Waals surface area contributed by atoms with Gasteiger partial charge in [-0.2, -0.15) is 0 Å². The maximum atomic E-state index is 12.7. The van der Waals surface area contributed by atoms with Gasteiger partial charge >= 0.3 is 0 Å². The van der Waals surface area contributed by atoms with Crippen LogP contribution in [0.15, 0.2) is 57.9 Å². The third-order valence-corrected chi connectivity index (χ3v) is 6.30. The molecule has 3 rings (SSSR count). The van der Waals surface area contributed by atoms with Crippen molar-refractivity contribution in [1.29, 1.82) is 0 Å². The third kappa shape index (κ3) is 4.65. The summed E-state index contributed by atoms with van der Waals surface area (Å²) in [6.07, 6.45) is 4.33. The summed E-state index contributed by atoms with van der Waals surface area (Å²) in [6, 6.07) is 13.1. The number of sulfonamides is 1. The van der Waals surface area contributed by atoms with Gasteiger partial charge in [0, 0.05) is 28.8 Å². The molecule has 5 nitrogen and oxygen atoms in total. The van der Waals surface area contributed by atoms with Gasteiger partial charge < -0.3 is 4.90 Å². The number of carbonyl (C=O) groups is 1. The van der Waals surface area contributed by atoms with E-state index in [4.69, 9.17) is 0 Å². The molecule has 1 aliphatic heterocycles. The molecule has 1 N–H and O–H groups in total. The summed E-state index contributed by atoms with van der Waals surface area (Å²) in [4.78, 5) is 14.7. The summed E-state index contributed by atoms with van der Waals surface area (Å²) < 4.78 is 28.4. The van der Waals surface area contributed by atoms with Crippen molar-refractivity contribution < 1.29 is 13.2 Å². The van der Waals surface area contributed by atoms with Crippen LogP contribution in [0.5, 0.6) is 0 Å². The lowest BCUT2D eigenvalue weighted by Gasteiger charge is -2.20. The average Bonchev–Trinajstić information content (AvgIpc) is 2.91. The van der Waals surface area contributed by atoms with Crippen LogP contribution in [0.1, 0.15) is 36.0 Å². The Bertz CT molecular complexity index is 874. The number of nitrogens with zero attached hydrogens (tertiary/aromatic N) is 1. The summed E-state index contributed by atoms with van der Waals surface area (Å²) in [6.45, 7) is 1.52. The molecule has 1 saturated heterocycles. The molecule has 0 bridgehead atoms. The Morgan fingerprint density at radius 3 is 2.27 bits per heavy atom. The van der Waals surface area contributed by atoms with Crippen molar-refractivity contribution in [3.63, 3.8) is 0 Å². The third-order valence-electron chi connectivity index (χ3n) is 4.38. The molecule has 2 aromatic rings. The largest absolute Gasteiger partial charge is 0.339 e. The molecule has 1 heterocycles. The molecule has 7 heteroatoms. The fourth-order valence-corrected chi connectivity index (χ4v) is 4.31. The zero-order valence-electron chi connectivity index (χ0n) is 14.3. The van der Waals surface area contributed by atoms with Gasteiger partial charge in [-0.15, -0.1) is 0 Å². The Morgan fingerprint density at radius 1 is 0.962 bits per heavy atom. The number of anilines is 1. The molecule has 2 aromatic carbocycles. The first-order valence-electron chi connectivity index (χ1n) is 8.63. The van der Waals surface area contributed by atoms with E-state index in [0.29, 0.717) is 11.3 Å². The van der Waals surface area contributed by atoms with Gasteiger partial charge in [-0.05, 0) is 55.3 Å². The quantitative estimate of drug-likeness (QED) is 0.777. The first kappa shape index (κ1) is 18.9. The molecule has 0 atom stereocenters. The van der Waals surface area contributed by atoms with Gasteiger partial charge in [-0.1, -0.05) is 34.8 Å². The molecule has 1 fully saturated rings. The summed E-state index contributed by atoms with van der Waals surface area (Å²) in [5.74, 6) is -0.0448. The lowest BCUT2D eigenvalue weighted by Crippen LogP contribution is -2.31.